The minimum atomic E-state index is 0.194. The van der Waals surface area contributed by atoms with E-state index in [0.29, 0.717) is 3.95 Å². The number of aromatic hydroxyl groups is 1. The molecule has 96 valence electrons. The fourth-order valence-electron chi connectivity index (χ4n) is 1.87. The van der Waals surface area contributed by atoms with Gasteiger partial charge >= 0.3 is 0 Å². The maximum Gasteiger partial charge on any atom is 0.210 e. The molecule has 0 amide bonds. The molecule has 0 unspecified atom stereocenters. The molecule has 0 radical (unpaired) electrons. The highest BCUT2D eigenvalue weighted by atomic mass is 79.9. The minimum Gasteiger partial charge on any atom is -0.493 e. The van der Waals surface area contributed by atoms with Gasteiger partial charge in [0.15, 0.2) is 3.95 Å². The predicted molar refractivity (Wildman–Crippen MR) is 86.0 cm³/mol. The molecule has 1 N–H and O–H groups in total. The highest BCUT2D eigenvalue weighted by molar-refractivity contribution is 9.10. The second-order valence-electron chi connectivity index (χ2n) is 4.13. The molecule has 3 rings (SSSR count). The maximum atomic E-state index is 9.99. The number of aromatic nitrogens is 1. The van der Waals surface area contributed by atoms with Gasteiger partial charge < -0.3 is 5.11 Å². The zero-order valence-electron chi connectivity index (χ0n) is 9.92. The van der Waals surface area contributed by atoms with E-state index in [1.165, 1.54) is 11.3 Å². The molecular weight excluding hydrogens is 344 g/mol. The lowest BCUT2D eigenvalue weighted by Gasteiger charge is -2.00. The van der Waals surface area contributed by atoms with Gasteiger partial charge in [0, 0.05) is 28.9 Å². The number of fused-ring (bicyclic) bond motifs is 1. The van der Waals surface area contributed by atoms with E-state index in [9.17, 15) is 5.11 Å². The quantitative estimate of drug-likeness (QED) is 0.765. The van der Waals surface area contributed by atoms with E-state index in [1.807, 2.05) is 24.3 Å². The van der Waals surface area contributed by atoms with Gasteiger partial charge in [-0.3, -0.25) is 9.56 Å². The molecule has 1 aromatic carbocycles. The number of allylic oxidation sites excluding steroid dienone is 1. The molecule has 0 saturated heterocycles. The van der Waals surface area contributed by atoms with Gasteiger partial charge in [0.05, 0.1) is 10.6 Å². The fourth-order valence-corrected chi connectivity index (χ4v) is 3.41. The molecule has 1 aromatic heterocycles. The standard InChI is InChI=1S/C13H9BrN2OS2/c1-16-12(17)11(19-13(16)18)4-7-6-15-10-3-2-8(14)5-9(7)10/h2-6,17H,1H3. The second-order valence-corrected chi connectivity index (χ2v) is 6.73. The Balaban J connectivity index is 2.13. The monoisotopic (exact) mass is 352 g/mol. The summed E-state index contributed by atoms with van der Waals surface area (Å²) in [6.45, 7) is 0. The summed E-state index contributed by atoms with van der Waals surface area (Å²) in [6.07, 6.45) is 3.72. The van der Waals surface area contributed by atoms with Crippen LogP contribution in [0.4, 0.5) is 5.69 Å². The van der Waals surface area contributed by atoms with Crippen molar-refractivity contribution in [2.45, 2.75) is 0 Å². The third kappa shape index (κ3) is 2.20. The van der Waals surface area contributed by atoms with Crippen LogP contribution in [-0.4, -0.2) is 15.9 Å². The van der Waals surface area contributed by atoms with Crippen molar-refractivity contribution in [3.05, 3.63) is 37.1 Å². The van der Waals surface area contributed by atoms with Gasteiger partial charge in [0.25, 0.3) is 0 Å². The van der Waals surface area contributed by atoms with Crippen LogP contribution in [0.3, 0.4) is 0 Å². The summed E-state index contributed by atoms with van der Waals surface area (Å²) in [5.74, 6) is 0.194. The Hall–Kier alpha value is -1.24. The topological polar surface area (TPSA) is 37.5 Å². The average molecular weight is 353 g/mol. The number of halogens is 1. The van der Waals surface area contributed by atoms with E-state index in [4.69, 9.17) is 12.2 Å². The molecule has 0 aliphatic carbocycles. The maximum absolute atomic E-state index is 9.99. The van der Waals surface area contributed by atoms with Crippen LogP contribution in [0, 0.1) is 3.95 Å². The lowest BCUT2D eigenvalue weighted by molar-refractivity contribution is 0.430. The van der Waals surface area contributed by atoms with Crippen molar-refractivity contribution >= 4 is 63.0 Å². The Morgan fingerprint density at radius 3 is 2.95 bits per heavy atom. The molecule has 0 bridgehead atoms. The number of hydrogen-bond acceptors (Lipinski definition) is 4. The van der Waals surface area contributed by atoms with Crippen molar-refractivity contribution in [3.8, 4) is 5.88 Å². The Bertz CT molecular complexity index is 786. The summed E-state index contributed by atoms with van der Waals surface area (Å²) in [6, 6.07) is 5.94. The highest BCUT2D eigenvalue weighted by Gasteiger charge is 2.14. The molecule has 2 aromatic rings. The lowest BCUT2D eigenvalue weighted by Crippen LogP contribution is -1.85. The first kappa shape index (κ1) is 12.8. The van der Waals surface area contributed by atoms with E-state index in [2.05, 4.69) is 20.9 Å². The number of aliphatic imine (C=N–C) groups is 1. The highest BCUT2D eigenvalue weighted by Crippen LogP contribution is 2.36. The molecule has 0 saturated carbocycles. The Labute approximate surface area is 127 Å². The molecule has 6 heteroatoms. The van der Waals surface area contributed by atoms with Crippen molar-refractivity contribution in [1.82, 2.24) is 4.57 Å². The first-order valence-corrected chi connectivity index (χ1v) is 7.52. The summed E-state index contributed by atoms with van der Waals surface area (Å²) < 4.78 is 3.25. The third-order valence-electron chi connectivity index (χ3n) is 2.91. The van der Waals surface area contributed by atoms with Crippen LogP contribution in [0.15, 0.2) is 27.7 Å². The van der Waals surface area contributed by atoms with Gasteiger partial charge in [-0.2, -0.15) is 0 Å². The van der Waals surface area contributed by atoms with E-state index < -0.39 is 0 Å². The van der Waals surface area contributed by atoms with Crippen LogP contribution in [0.25, 0.3) is 11.6 Å². The molecule has 19 heavy (non-hydrogen) atoms. The largest absolute Gasteiger partial charge is 0.493 e. The summed E-state index contributed by atoms with van der Waals surface area (Å²) in [5, 5.41) is 9.99. The van der Waals surface area contributed by atoms with Gasteiger partial charge in [-0.15, -0.1) is 11.3 Å². The average Bonchev–Trinajstić information content (AvgIpc) is 2.88. The van der Waals surface area contributed by atoms with Gasteiger partial charge in [0.1, 0.15) is 0 Å². The van der Waals surface area contributed by atoms with Gasteiger partial charge in [-0.25, -0.2) is 0 Å². The SMILES string of the molecule is Cn1c(O)c(C=C2C=Nc3ccc(Br)cc32)sc1=S. The third-order valence-corrected chi connectivity index (χ3v) is 4.89. The van der Waals surface area contributed by atoms with E-state index in [-0.39, 0.29) is 5.88 Å². The number of hydrogen-bond donors (Lipinski definition) is 1. The Kier molecular flexibility index (Phi) is 3.16. The van der Waals surface area contributed by atoms with Crippen molar-refractivity contribution in [2.24, 2.45) is 12.0 Å². The van der Waals surface area contributed by atoms with Crippen molar-refractivity contribution in [1.29, 1.82) is 0 Å². The molecule has 0 spiro atoms. The molecule has 2 heterocycles. The van der Waals surface area contributed by atoms with E-state index >= 15 is 0 Å². The number of thiazole rings is 1. The van der Waals surface area contributed by atoms with Gasteiger partial charge in [0.2, 0.25) is 5.88 Å². The van der Waals surface area contributed by atoms with Crippen LogP contribution >= 0.6 is 39.5 Å². The van der Waals surface area contributed by atoms with E-state index in [1.54, 1.807) is 17.8 Å². The van der Waals surface area contributed by atoms with Crippen LogP contribution in [-0.2, 0) is 7.05 Å². The van der Waals surface area contributed by atoms with Gasteiger partial charge in [-0.05, 0) is 36.5 Å². The summed E-state index contributed by atoms with van der Waals surface area (Å²) in [5.41, 5.74) is 2.97. The van der Waals surface area contributed by atoms with Crippen molar-refractivity contribution in [3.63, 3.8) is 0 Å². The Morgan fingerprint density at radius 2 is 2.26 bits per heavy atom. The smallest absolute Gasteiger partial charge is 0.210 e. The summed E-state index contributed by atoms with van der Waals surface area (Å²) in [7, 11) is 1.75. The molecule has 0 fully saturated rings. The number of benzene rings is 1. The fraction of sp³-hybridized carbons (Fsp3) is 0.0769. The molecule has 1 aliphatic rings. The number of nitrogens with zero attached hydrogens (tertiary/aromatic N) is 2. The minimum absolute atomic E-state index is 0.194. The molecular formula is C13H9BrN2OS2. The number of rotatable bonds is 1. The lowest BCUT2D eigenvalue weighted by atomic mass is 10.1. The predicted octanol–water partition coefficient (Wildman–Crippen LogP) is 4.54. The van der Waals surface area contributed by atoms with Crippen LogP contribution in [0.5, 0.6) is 5.88 Å². The van der Waals surface area contributed by atoms with Crippen LogP contribution in [0.2, 0.25) is 0 Å². The first-order chi connectivity index (χ1) is 9.06. The normalized spacial score (nSPS) is 15.2. The second kappa shape index (κ2) is 4.70. The van der Waals surface area contributed by atoms with Crippen molar-refractivity contribution in [2.75, 3.05) is 0 Å². The van der Waals surface area contributed by atoms with Gasteiger partial charge in [-0.1, -0.05) is 15.9 Å². The first-order valence-electron chi connectivity index (χ1n) is 5.51. The molecule has 0 atom stereocenters. The summed E-state index contributed by atoms with van der Waals surface area (Å²) >= 11 is 9.99. The van der Waals surface area contributed by atoms with Crippen LogP contribution < -0.4 is 0 Å². The van der Waals surface area contributed by atoms with E-state index in [0.717, 1.165) is 26.2 Å². The Morgan fingerprint density at radius 1 is 1.47 bits per heavy atom. The zero-order valence-corrected chi connectivity index (χ0v) is 13.1. The molecule has 3 nitrogen and oxygen atoms in total. The molecule has 1 aliphatic heterocycles. The van der Waals surface area contributed by atoms with Crippen molar-refractivity contribution < 1.29 is 5.11 Å². The summed E-state index contributed by atoms with van der Waals surface area (Å²) in [4.78, 5) is 5.10. The zero-order chi connectivity index (χ0) is 13.6. The van der Waals surface area contributed by atoms with Crippen LogP contribution in [0.1, 0.15) is 10.4 Å².